The zero-order valence-electron chi connectivity index (χ0n) is 11.0. The Morgan fingerprint density at radius 1 is 1.24 bits per heavy atom. The van der Waals surface area contributed by atoms with E-state index >= 15 is 0 Å². The second-order valence-corrected chi connectivity index (χ2v) is 5.30. The molecule has 0 spiro atoms. The summed E-state index contributed by atoms with van der Waals surface area (Å²) in [7, 11) is 0. The Bertz CT molecular complexity index is 378. The SMILES string of the molecule is CC(C)NC(=O)c1cnc(NC(C)(C)C)nc1. The molecule has 1 amide bonds. The average molecular weight is 236 g/mol. The van der Waals surface area contributed by atoms with Gasteiger partial charge in [0.15, 0.2) is 0 Å². The van der Waals surface area contributed by atoms with Crippen molar-refractivity contribution in [2.45, 2.75) is 46.2 Å². The third kappa shape index (κ3) is 4.80. The molecule has 2 N–H and O–H groups in total. The van der Waals surface area contributed by atoms with E-state index in [2.05, 4.69) is 20.6 Å². The Morgan fingerprint density at radius 3 is 2.18 bits per heavy atom. The maximum atomic E-state index is 11.6. The molecule has 0 fully saturated rings. The van der Waals surface area contributed by atoms with Crippen molar-refractivity contribution in [1.29, 1.82) is 0 Å². The topological polar surface area (TPSA) is 66.9 Å². The number of amides is 1. The van der Waals surface area contributed by atoms with Crippen molar-refractivity contribution in [1.82, 2.24) is 15.3 Å². The van der Waals surface area contributed by atoms with Gasteiger partial charge in [0.1, 0.15) is 0 Å². The lowest BCUT2D eigenvalue weighted by Gasteiger charge is -2.20. The molecule has 5 heteroatoms. The molecule has 1 aromatic heterocycles. The smallest absolute Gasteiger partial charge is 0.254 e. The monoisotopic (exact) mass is 236 g/mol. The molecule has 0 bridgehead atoms. The van der Waals surface area contributed by atoms with Crippen LogP contribution in [0.15, 0.2) is 12.4 Å². The fraction of sp³-hybridized carbons (Fsp3) is 0.583. The third-order valence-corrected chi connectivity index (χ3v) is 1.82. The lowest BCUT2D eigenvalue weighted by Crippen LogP contribution is -2.31. The Hall–Kier alpha value is -1.65. The van der Waals surface area contributed by atoms with Gasteiger partial charge in [-0.2, -0.15) is 0 Å². The van der Waals surface area contributed by atoms with Gasteiger partial charge in [-0.15, -0.1) is 0 Å². The second-order valence-electron chi connectivity index (χ2n) is 5.30. The van der Waals surface area contributed by atoms with Crippen molar-refractivity contribution >= 4 is 11.9 Å². The molecular weight excluding hydrogens is 216 g/mol. The van der Waals surface area contributed by atoms with E-state index < -0.39 is 0 Å². The summed E-state index contributed by atoms with van der Waals surface area (Å²) >= 11 is 0. The molecule has 0 aliphatic rings. The molecule has 5 nitrogen and oxygen atoms in total. The maximum absolute atomic E-state index is 11.6. The molecule has 1 aromatic rings. The van der Waals surface area contributed by atoms with Crippen LogP contribution in [0.2, 0.25) is 0 Å². The summed E-state index contributed by atoms with van der Waals surface area (Å²) in [5.41, 5.74) is 0.375. The zero-order chi connectivity index (χ0) is 13.1. The quantitative estimate of drug-likeness (QED) is 0.840. The molecule has 1 rings (SSSR count). The van der Waals surface area contributed by atoms with E-state index in [1.807, 2.05) is 34.6 Å². The maximum Gasteiger partial charge on any atom is 0.254 e. The fourth-order valence-electron chi connectivity index (χ4n) is 1.19. The minimum Gasteiger partial charge on any atom is -0.350 e. The number of hydrogen-bond acceptors (Lipinski definition) is 4. The largest absolute Gasteiger partial charge is 0.350 e. The van der Waals surface area contributed by atoms with Crippen LogP contribution in [0, 0.1) is 0 Å². The summed E-state index contributed by atoms with van der Waals surface area (Å²) < 4.78 is 0. The van der Waals surface area contributed by atoms with Crippen molar-refractivity contribution in [2.75, 3.05) is 5.32 Å². The summed E-state index contributed by atoms with van der Waals surface area (Å²) in [5, 5.41) is 5.92. The van der Waals surface area contributed by atoms with E-state index in [1.54, 1.807) is 0 Å². The Kier molecular flexibility index (Phi) is 4.04. The summed E-state index contributed by atoms with van der Waals surface area (Å²) in [6.45, 7) is 9.89. The van der Waals surface area contributed by atoms with Gasteiger partial charge in [-0.05, 0) is 34.6 Å². The number of aromatic nitrogens is 2. The van der Waals surface area contributed by atoms with E-state index in [-0.39, 0.29) is 17.5 Å². The highest BCUT2D eigenvalue weighted by molar-refractivity contribution is 5.93. The molecule has 0 saturated carbocycles. The lowest BCUT2D eigenvalue weighted by atomic mass is 10.1. The molecule has 0 saturated heterocycles. The van der Waals surface area contributed by atoms with Crippen LogP contribution in [-0.2, 0) is 0 Å². The van der Waals surface area contributed by atoms with E-state index in [1.165, 1.54) is 12.4 Å². The second kappa shape index (κ2) is 5.12. The minimum absolute atomic E-state index is 0.0955. The first-order valence-corrected chi connectivity index (χ1v) is 5.69. The van der Waals surface area contributed by atoms with Crippen molar-refractivity contribution in [2.24, 2.45) is 0 Å². The molecule has 17 heavy (non-hydrogen) atoms. The van der Waals surface area contributed by atoms with Gasteiger partial charge in [-0.1, -0.05) is 0 Å². The number of nitrogens with zero attached hydrogens (tertiary/aromatic N) is 2. The van der Waals surface area contributed by atoms with Gasteiger partial charge in [0, 0.05) is 24.0 Å². The molecule has 0 unspecified atom stereocenters. The van der Waals surface area contributed by atoms with Gasteiger partial charge in [-0.3, -0.25) is 4.79 Å². The van der Waals surface area contributed by atoms with Crippen molar-refractivity contribution in [3.8, 4) is 0 Å². The summed E-state index contributed by atoms with van der Waals surface area (Å²) in [6, 6.07) is 0.106. The highest BCUT2D eigenvalue weighted by Gasteiger charge is 2.12. The van der Waals surface area contributed by atoms with Crippen LogP contribution in [0.3, 0.4) is 0 Å². The summed E-state index contributed by atoms with van der Waals surface area (Å²) in [4.78, 5) is 19.9. The first-order valence-electron chi connectivity index (χ1n) is 5.69. The highest BCUT2D eigenvalue weighted by Crippen LogP contribution is 2.09. The van der Waals surface area contributed by atoms with Gasteiger partial charge < -0.3 is 10.6 Å². The molecule has 0 aromatic carbocycles. The summed E-state index contributed by atoms with van der Waals surface area (Å²) in [5.74, 6) is 0.376. The Labute approximate surface area is 102 Å². The van der Waals surface area contributed by atoms with E-state index in [9.17, 15) is 4.79 Å². The highest BCUT2D eigenvalue weighted by atomic mass is 16.1. The number of carbonyl (C=O) groups is 1. The minimum atomic E-state index is -0.151. The van der Waals surface area contributed by atoms with Crippen LogP contribution in [0.1, 0.15) is 45.0 Å². The molecule has 0 aliphatic carbocycles. The first kappa shape index (κ1) is 13.4. The van der Waals surface area contributed by atoms with Crippen LogP contribution in [-0.4, -0.2) is 27.5 Å². The van der Waals surface area contributed by atoms with Gasteiger partial charge in [0.25, 0.3) is 5.91 Å². The Balaban J connectivity index is 2.71. The first-order chi connectivity index (χ1) is 7.78. The normalized spacial score (nSPS) is 11.4. The van der Waals surface area contributed by atoms with Crippen molar-refractivity contribution in [3.05, 3.63) is 18.0 Å². The van der Waals surface area contributed by atoms with Gasteiger partial charge >= 0.3 is 0 Å². The molecule has 94 valence electrons. The van der Waals surface area contributed by atoms with E-state index in [0.29, 0.717) is 11.5 Å². The lowest BCUT2D eigenvalue weighted by molar-refractivity contribution is 0.0942. The van der Waals surface area contributed by atoms with Gasteiger partial charge in [-0.25, -0.2) is 9.97 Å². The third-order valence-electron chi connectivity index (χ3n) is 1.82. The predicted molar refractivity (Wildman–Crippen MR) is 68.0 cm³/mol. The standard InChI is InChI=1S/C12H20N4O/c1-8(2)15-10(17)9-6-13-11(14-7-9)16-12(3,4)5/h6-8H,1-5H3,(H,15,17)(H,13,14,16). The predicted octanol–water partition coefficient (Wildman–Crippen LogP) is 1.83. The van der Waals surface area contributed by atoms with Crippen LogP contribution >= 0.6 is 0 Å². The van der Waals surface area contributed by atoms with Crippen LogP contribution in [0.25, 0.3) is 0 Å². The number of carbonyl (C=O) groups excluding carboxylic acids is 1. The number of anilines is 1. The van der Waals surface area contributed by atoms with Crippen molar-refractivity contribution in [3.63, 3.8) is 0 Å². The van der Waals surface area contributed by atoms with Crippen LogP contribution < -0.4 is 10.6 Å². The number of hydrogen-bond donors (Lipinski definition) is 2. The van der Waals surface area contributed by atoms with Gasteiger partial charge in [0.2, 0.25) is 5.95 Å². The van der Waals surface area contributed by atoms with E-state index in [0.717, 1.165) is 0 Å². The molecular formula is C12H20N4O. The molecule has 0 atom stereocenters. The molecule has 0 aliphatic heterocycles. The molecule has 1 heterocycles. The number of rotatable bonds is 3. The fourth-order valence-corrected chi connectivity index (χ4v) is 1.19. The van der Waals surface area contributed by atoms with E-state index in [4.69, 9.17) is 0 Å². The Morgan fingerprint density at radius 2 is 1.76 bits per heavy atom. The van der Waals surface area contributed by atoms with Gasteiger partial charge in [0.05, 0.1) is 5.56 Å². The molecule has 0 radical (unpaired) electrons. The van der Waals surface area contributed by atoms with Crippen LogP contribution in [0.4, 0.5) is 5.95 Å². The zero-order valence-corrected chi connectivity index (χ0v) is 11.0. The summed E-state index contributed by atoms with van der Waals surface area (Å²) in [6.07, 6.45) is 3.05. The number of nitrogens with one attached hydrogen (secondary N) is 2. The van der Waals surface area contributed by atoms with Crippen LogP contribution in [0.5, 0.6) is 0 Å². The average Bonchev–Trinajstić information content (AvgIpc) is 2.15. The van der Waals surface area contributed by atoms with Crippen molar-refractivity contribution < 1.29 is 4.79 Å².